The van der Waals surface area contributed by atoms with Gasteiger partial charge in [-0.3, -0.25) is 14.5 Å². The summed E-state index contributed by atoms with van der Waals surface area (Å²) in [6, 6.07) is 1.65. The van der Waals surface area contributed by atoms with Crippen molar-refractivity contribution in [2.45, 2.75) is 71.0 Å². The fraction of sp³-hybridized carbons (Fsp3) is 0.667. The minimum absolute atomic E-state index is 0.185. The molecule has 2 aliphatic rings. The summed E-state index contributed by atoms with van der Waals surface area (Å²) in [5.74, 6) is 0.0111. The zero-order valence-corrected chi connectivity index (χ0v) is 20.4. The van der Waals surface area contributed by atoms with Crippen LogP contribution in [0.4, 0.5) is 23.8 Å². The largest absolute Gasteiger partial charge is 0.417 e. The van der Waals surface area contributed by atoms with Crippen molar-refractivity contribution in [1.82, 2.24) is 20.5 Å². The van der Waals surface area contributed by atoms with Gasteiger partial charge in [0.15, 0.2) is 0 Å². The van der Waals surface area contributed by atoms with E-state index in [1.807, 2.05) is 0 Å². The van der Waals surface area contributed by atoms with E-state index in [1.165, 1.54) is 6.07 Å². The molecule has 2 fully saturated rings. The fourth-order valence-electron chi connectivity index (χ4n) is 4.74. The van der Waals surface area contributed by atoms with Gasteiger partial charge in [-0.2, -0.15) is 13.2 Å². The molecule has 1 aromatic rings. The first-order valence-corrected chi connectivity index (χ1v) is 12.1. The fourth-order valence-corrected chi connectivity index (χ4v) is 4.74. The van der Waals surface area contributed by atoms with Gasteiger partial charge in [-0.25, -0.2) is 9.78 Å². The molecule has 1 aromatic heterocycles. The zero-order chi connectivity index (χ0) is 25.9. The molecule has 194 valence electrons. The lowest BCUT2D eigenvalue weighted by Gasteiger charge is -2.42. The lowest BCUT2D eigenvalue weighted by molar-refractivity contribution is -0.137. The van der Waals surface area contributed by atoms with Gasteiger partial charge in [0.05, 0.1) is 5.56 Å². The number of rotatable bonds is 9. The highest BCUT2D eigenvalue weighted by molar-refractivity contribution is 6.09. The molecular formula is C24H34F3N5O3. The maximum absolute atomic E-state index is 13.0. The van der Waals surface area contributed by atoms with E-state index < -0.39 is 29.2 Å². The average Bonchev–Trinajstić information content (AvgIpc) is 3.02. The van der Waals surface area contributed by atoms with Crippen molar-refractivity contribution in [1.29, 1.82) is 0 Å². The molecule has 1 aliphatic carbocycles. The Balaban J connectivity index is 1.40. The van der Waals surface area contributed by atoms with Crippen molar-refractivity contribution >= 4 is 23.7 Å². The summed E-state index contributed by atoms with van der Waals surface area (Å²) in [6.07, 6.45) is 0.712. The van der Waals surface area contributed by atoms with Gasteiger partial charge >= 0.3 is 12.2 Å². The molecule has 1 saturated carbocycles. The molecule has 3 N–H and O–H groups in total. The van der Waals surface area contributed by atoms with Crippen LogP contribution in [0, 0.1) is 11.3 Å². The Kier molecular flexibility index (Phi) is 7.96. The monoisotopic (exact) mass is 497 g/mol. The van der Waals surface area contributed by atoms with Gasteiger partial charge in [0.1, 0.15) is 17.9 Å². The van der Waals surface area contributed by atoms with E-state index in [-0.39, 0.29) is 24.4 Å². The smallest absolute Gasteiger partial charge is 0.370 e. The molecule has 0 atom stereocenters. The average molecular weight is 498 g/mol. The van der Waals surface area contributed by atoms with E-state index in [2.05, 4.69) is 41.7 Å². The first kappa shape index (κ1) is 26.7. The number of carbonyl (C=O) groups is 3. The number of urea groups is 1. The summed E-state index contributed by atoms with van der Waals surface area (Å²) < 4.78 is 37.7. The summed E-state index contributed by atoms with van der Waals surface area (Å²) in [6.45, 7) is 6.93. The first-order valence-electron chi connectivity index (χ1n) is 12.1. The lowest BCUT2D eigenvalue weighted by atomic mass is 9.65. The molecule has 1 saturated heterocycles. The molecule has 1 aliphatic heterocycles. The summed E-state index contributed by atoms with van der Waals surface area (Å²) in [4.78, 5) is 42.6. The minimum atomic E-state index is -4.44. The summed E-state index contributed by atoms with van der Waals surface area (Å²) in [5, 5.41) is 8.40. The van der Waals surface area contributed by atoms with Crippen molar-refractivity contribution in [3.63, 3.8) is 0 Å². The molecule has 8 nitrogen and oxygen atoms in total. The number of aromatic nitrogens is 1. The highest BCUT2D eigenvalue weighted by Crippen LogP contribution is 2.45. The second kappa shape index (κ2) is 10.4. The normalized spacial score (nSPS) is 22.9. The van der Waals surface area contributed by atoms with Crippen LogP contribution in [0.3, 0.4) is 0 Å². The Bertz CT molecular complexity index is 925. The SMILES string of the molecule is CCC(C)(C)C1CCC2(CC1)NC(=O)N(CC(=O)NCCCNc1ccc(C(F)(F)F)cn1)C2=O. The minimum Gasteiger partial charge on any atom is -0.370 e. The van der Waals surface area contributed by atoms with E-state index in [1.54, 1.807) is 0 Å². The van der Waals surface area contributed by atoms with Crippen molar-refractivity contribution in [3.8, 4) is 0 Å². The predicted octanol–water partition coefficient (Wildman–Crippen LogP) is 3.94. The first-order chi connectivity index (χ1) is 16.4. The lowest BCUT2D eigenvalue weighted by Crippen LogP contribution is -2.51. The molecule has 11 heteroatoms. The second-order valence-electron chi connectivity index (χ2n) is 10.1. The third kappa shape index (κ3) is 6.24. The van der Waals surface area contributed by atoms with E-state index in [9.17, 15) is 27.6 Å². The van der Waals surface area contributed by atoms with E-state index in [0.717, 1.165) is 36.4 Å². The van der Waals surface area contributed by atoms with Crippen molar-refractivity contribution < 1.29 is 27.6 Å². The Labute approximate surface area is 203 Å². The number of amides is 4. The van der Waals surface area contributed by atoms with Crippen LogP contribution in [0.25, 0.3) is 0 Å². The molecule has 2 heterocycles. The third-order valence-corrected chi connectivity index (χ3v) is 7.48. The predicted molar refractivity (Wildman–Crippen MR) is 124 cm³/mol. The van der Waals surface area contributed by atoms with Gasteiger partial charge in [0.25, 0.3) is 5.91 Å². The summed E-state index contributed by atoms with van der Waals surface area (Å²) in [5.41, 5.74) is -1.55. The number of nitrogens with one attached hydrogen (secondary N) is 3. The molecule has 4 amide bonds. The van der Waals surface area contributed by atoms with Crippen molar-refractivity contribution in [2.75, 3.05) is 25.0 Å². The number of pyridine rings is 1. The van der Waals surface area contributed by atoms with Crippen LogP contribution in [0.2, 0.25) is 0 Å². The molecule has 3 rings (SSSR count). The number of imide groups is 1. The maximum atomic E-state index is 13.0. The van der Waals surface area contributed by atoms with Gasteiger partial charge in [0.2, 0.25) is 5.91 Å². The Morgan fingerprint density at radius 3 is 2.46 bits per heavy atom. The molecule has 0 unspecified atom stereocenters. The van der Waals surface area contributed by atoms with E-state index in [0.29, 0.717) is 37.5 Å². The highest BCUT2D eigenvalue weighted by atomic mass is 19.4. The quantitative estimate of drug-likeness (QED) is 0.354. The van der Waals surface area contributed by atoms with Crippen molar-refractivity contribution in [2.24, 2.45) is 11.3 Å². The van der Waals surface area contributed by atoms with Crippen LogP contribution in [0.15, 0.2) is 18.3 Å². The Morgan fingerprint density at radius 2 is 1.89 bits per heavy atom. The number of nitrogens with zero attached hydrogens (tertiary/aromatic N) is 2. The van der Waals surface area contributed by atoms with Crippen LogP contribution in [-0.4, -0.2) is 52.9 Å². The molecular weight excluding hydrogens is 463 g/mol. The second-order valence-corrected chi connectivity index (χ2v) is 10.1. The van der Waals surface area contributed by atoms with Crippen molar-refractivity contribution in [3.05, 3.63) is 23.9 Å². The molecule has 35 heavy (non-hydrogen) atoms. The third-order valence-electron chi connectivity index (χ3n) is 7.48. The molecule has 1 spiro atoms. The zero-order valence-electron chi connectivity index (χ0n) is 20.4. The van der Waals surface area contributed by atoms with Crippen LogP contribution >= 0.6 is 0 Å². The van der Waals surface area contributed by atoms with Gasteiger partial charge < -0.3 is 16.0 Å². The van der Waals surface area contributed by atoms with Gasteiger partial charge in [-0.05, 0) is 55.6 Å². The molecule has 0 aromatic carbocycles. The Morgan fingerprint density at radius 1 is 1.20 bits per heavy atom. The number of carbonyl (C=O) groups excluding carboxylic acids is 3. The van der Waals surface area contributed by atoms with Crippen LogP contribution in [0.1, 0.15) is 64.9 Å². The van der Waals surface area contributed by atoms with Crippen LogP contribution in [-0.2, 0) is 15.8 Å². The standard InChI is InChI=1S/C24H34F3N5O3/c1-4-22(2,3)16-8-10-23(11-9-16)20(34)32(21(35)31-23)15-19(33)29-13-5-12-28-18-7-6-17(14-30-18)24(25,26)27/h6-7,14,16H,4-5,8-13,15H2,1-3H3,(H,28,30)(H,29,33)(H,31,35). The summed E-state index contributed by atoms with van der Waals surface area (Å²) in [7, 11) is 0. The number of halogens is 3. The highest BCUT2D eigenvalue weighted by Gasteiger charge is 2.53. The Hall–Kier alpha value is -2.85. The summed E-state index contributed by atoms with van der Waals surface area (Å²) >= 11 is 0. The molecule has 0 radical (unpaired) electrons. The number of anilines is 1. The number of hydrogen-bond acceptors (Lipinski definition) is 5. The van der Waals surface area contributed by atoms with Gasteiger partial charge in [0, 0.05) is 19.3 Å². The topological polar surface area (TPSA) is 103 Å². The number of hydrogen-bond donors (Lipinski definition) is 3. The van der Waals surface area contributed by atoms with E-state index in [4.69, 9.17) is 0 Å². The van der Waals surface area contributed by atoms with Gasteiger partial charge in [-0.1, -0.05) is 27.2 Å². The number of alkyl halides is 3. The van der Waals surface area contributed by atoms with Gasteiger partial charge in [-0.15, -0.1) is 0 Å². The van der Waals surface area contributed by atoms with Crippen LogP contribution < -0.4 is 16.0 Å². The van der Waals surface area contributed by atoms with Crippen LogP contribution in [0.5, 0.6) is 0 Å². The maximum Gasteiger partial charge on any atom is 0.417 e. The van der Waals surface area contributed by atoms with E-state index >= 15 is 0 Å². The molecule has 0 bridgehead atoms.